The lowest BCUT2D eigenvalue weighted by molar-refractivity contribution is 0.0794. The van der Waals surface area contributed by atoms with E-state index in [0.717, 1.165) is 16.7 Å². The highest BCUT2D eigenvalue weighted by atomic mass is 79.9. The lowest BCUT2D eigenvalue weighted by Gasteiger charge is -2.25. The zero-order chi connectivity index (χ0) is 27.7. The number of aliphatic hydroxyl groups excluding tert-OH is 2. The summed E-state index contributed by atoms with van der Waals surface area (Å²) in [5.74, 6) is -0.822. The summed E-state index contributed by atoms with van der Waals surface area (Å²) in [5, 5.41) is 26.3. The molecule has 4 N–H and O–H groups in total. The Hall–Kier alpha value is -3.37. The molecule has 2 amide bonds. The number of hydrazone groups is 1. The van der Waals surface area contributed by atoms with Crippen molar-refractivity contribution < 1.29 is 19.8 Å². The van der Waals surface area contributed by atoms with E-state index in [1.54, 1.807) is 50.4 Å². The van der Waals surface area contributed by atoms with Gasteiger partial charge in [0.2, 0.25) is 0 Å². The summed E-state index contributed by atoms with van der Waals surface area (Å²) in [6, 6.07) is 19.8. The molecular weight excluding hydrogens is 548 g/mol. The Morgan fingerprint density at radius 1 is 0.947 bits per heavy atom. The quantitative estimate of drug-likeness (QED) is 0.199. The van der Waals surface area contributed by atoms with Gasteiger partial charge in [0, 0.05) is 29.7 Å². The van der Waals surface area contributed by atoms with Gasteiger partial charge in [-0.25, -0.2) is 5.43 Å². The number of hydrogen-bond acceptors (Lipinski definition) is 6. The summed E-state index contributed by atoms with van der Waals surface area (Å²) in [7, 11) is 0. The summed E-state index contributed by atoms with van der Waals surface area (Å²) in [6.45, 7) is 6.78. The van der Waals surface area contributed by atoms with E-state index in [1.165, 1.54) is 0 Å². The van der Waals surface area contributed by atoms with Crippen LogP contribution >= 0.6 is 15.9 Å². The monoisotopic (exact) mass is 580 g/mol. The van der Waals surface area contributed by atoms with Gasteiger partial charge in [0.15, 0.2) is 0 Å². The Labute approximate surface area is 231 Å². The maximum Gasteiger partial charge on any atom is 0.273 e. The molecule has 0 fully saturated rings. The smallest absolute Gasteiger partial charge is 0.273 e. The molecule has 0 spiro atoms. The molecule has 3 aromatic rings. The van der Waals surface area contributed by atoms with Crippen molar-refractivity contribution in [2.24, 2.45) is 5.10 Å². The van der Waals surface area contributed by atoms with Crippen LogP contribution in [0.1, 0.15) is 51.3 Å². The van der Waals surface area contributed by atoms with Crippen molar-refractivity contribution >= 4 is 39.6 Å². The molecule has 9 heteroatoms. The number of anilines is 1. The van der Waals surface area contributed by atoms with Gasteiger partial charge in [0.05, 0.1) is 29.7 Å². The Morgan fingerprint density at radius 2 is 1.58 bits per heavy atom. The first-order chi connectivity index (χ1) is 18.1. The van der Waals surface area contributed by atoms with Crippen molar-refractivity contribution in [3.8, 4) is 0 Å². The zero-order valence-electron chi connectivity index (χ0n) is 21.7. The first-order valence-electron chi connectivity index (χ1n) is 12.3. The molecule has 0 saturated heterocycles. The van der Waals surface area contributed by atoms with Crippen molar-refractivity contribution in [2.45, 2.75) is 39.5 Å². The minimum atomic E-state index is -0.524. The molecule has 2 unspecified atom stereocenters. The second-order valence-corrected chi connectivity index (χ2v) is 10.3. The molecule has 3 rings (SSSR count). The van der Waals surface area contributed by atoms with Crippen LogP contribution in [0.4, 0.5) is 5.69 Å². The van der Waals surface area contributed by atoms with E-state index in [4.69, 9.17) is 0 Å². The number of carbonyl (C=O) groups excluding carboxylic acids is 2. The number of nitrogens with one attached hydrogen (secondary N) is 2. The Balaban J connectivity index is 1.67. The fraction of sp³-hybridized carbons (Fsp3) is 0.276. The normalized spacial score (nSPS) is 12.9. The van der Waals surface area contributed by atoms with Crippen molar-refractivity contribution in [3.05, 3.63) is 99.0 Å². The van der Waals surface area contributed by atoms with E-state index in [9.17, 15) is 19.8 Å². The van der Waals surface area contributed by atoms with Crippen LogP contribution in [0.15, 0.2) is 76.3 Å². The van der Waals surface area contributed by atoms with Crippen LogP contribution in [-0.2, 0) is 6.54 Å². The summed E-state index contributed by atoms with van der Waals surface area (Å²) in [5.41, 5.74) is 6.48. The lowest BCUT2D eigenvalue weighted by Crippen LogP contribution is -2.35. The first-order valence-corrected chi connectivity index (χ1v) is 13.1. The molecule has 0 aromatic heterocycles. The van der Waals surface area contributed by atoms with Crippen molar-refractivity contribution in [1.82, 2.24) is 10.3 Å². The van der Waals surface area contributed by atoms with Crippen molar-refractivity contribution in [3.63, 3.8) is 0 Å². The van der Waals surface area contributed by atoms with Gasteiger partial charge in [-0.15, -0.1) is 0 Å². The van der Waals surface area contributed by atoms with E-state index in [2.05, 4.69) is 31.8 Å². The van der Waals surface area contributed by atoms with E-state index < -0.39 is 18.1 Å². The molecule has 0 saturated carbocycles. The van der Waals surface area contributed by atoms with Gasteiger partial charge in [-0.2, -0.15) is 5.10 Å². The maximum absolute atomic E-state index is 13.0. The average molecular weight is 582 g/mol. The molecule has 38 heavy (non-hydrogen) atoms. The second kappa shape index (κ2) is 14.0. The SMILES string of the molecule is Cc1ccc(/C=N/NC(=O)c2cc(Br)ccc2NC(=O)c2ccc(CN(CC(C)O)CC(C)O)cc2)cc1. The van der Waals surface area contributed by atoms with Crippen molar-refractivity contribution in [2.75, 3.05) is 18.4 Å². The van der Waals surface area contributed by atoms with Gasteiger partial charge in [-0.05, 0) is 62.2 Å². The third-order valence-corrected chi connectivity index (χ3v) is 6.09. The van der Waals surface area contributed by atoms with Crippen LogP contribution in [0.2, 0.25) is 0 Å². The molecule has 0 bridgehead atoms. The molecule has 0 aliphatic rings. The highest BCUT2D eigenvalue weighted by molar-refractivity contribution is 9.10. The largest absolute Gasteiger partial charge is 0.392 e. The number of carbonyl (C=O) groups is 2. The molecule has 2 atom stereocenters. The number of aryl methyl sites for hydroxylation is 1. The first kappa shape index (κ1) is 29.2. The number of halogens is 1. The Morgan fingerprint density at radius 3 is 2.18 bits per heavy atom. The van der Waals surface area contributed by atoms with Crippen LogP contribution in [0, 0.1) is 6.92 Å². The number of aliphatic hydroxyl groups is 2. The van der Waals surface area contributed by atoms with E-state index in [-0.39, 0.29) is 11.5 Å². The topological polar surface area (TPSA) is 114 Å². The van der Waals surface area contributed by atoms with Gasteiger partial charge in [0.25, 0.3) is 11.8 Å². The number of amides is 2. The Bertz CT molecular complexity index is 1250. The third-order valence-electron chi connectivity index (χ3n) is 5.60. The third kappa shape index (κ3) is 9.18. The summed E-state index contributed by atoms with van der Waals surface area (Å²) < 4.78 is 0.687. The van der Waals surface area contributed by atoms with Crippen LogP contribution in [0.25, 0.3) is 0 Å². The number of rotatable bonds is 11. The number of benzene rings is 3. The van der Waals surface area contributed by atoms with Crippen LogP contribution in [-0.4, -0.2) is 58.4 Å². The fourth-order valence-electron chi connectivity index (χ4n) is 3.86. The van der Waals surface area contributed by atoms with Crippen LogP contribution in [0.5, 0.6) is 0 Å². The number of hydrogen-bond donors (Lipinski definition) is 4. The number of nitrogens with zero attached hydrogens (tertiary/aromatic N) is 2. The van der Waals surface area contributed by atoms with Gasteiger partial charge < -0.3 is 15.5 Å². The van der Waals surface area contributed by atoms with Gasteiger partial charge >= 0.3 is 0 Å². The molecule has 0 aliphatic heterocycles. The maximum atomic E-state index is 13.0. The van der Waals surface area contributed by atoms with Crippen molar-refractivity contribution in [1.29, 1.82) is 0 Å². The molecule has 0 heterocycles. The average Bonchev–Trinajstić information content (AvgIpc) is 2.85. The molecule has 3 aromatic carbocycles. The summed E-state index contributed by atoms with van der Waals surface area (Å²) in [6.07, 6.45) is 0.507. The molecule has 0 radical (unpaired) electrons. The predicted molar refractivity (Wildman–Crippen MR) is 153 cm³/mol. The van der Waals surface area contributed by atoms with Gasteiger partial charge in [0.1, 0.15) is 0 Å². The Kier molecular flexibility index (Phi) is 10.7. The minimum absolute atomic E-state index is 0.261. The zero-order valence-corrected chi connectivity index (χ0v) is 23.3. The molecule has 8 nitrogen and oxygen atoms in total. The van der Waals surface area contributed by atoms with E-state index in [0.29, 0.717) is 35.4 Å². The predicted octanol–water partition coefficient (Wildman–Crippen LogP) is 4.34. The second-order valence-electron chi connectivity index (χ2n) is 9.34. The molecular formula is C29H33BrN4O4. The van der Waals surface area contributed by atoms with E-state index >= 15 is 0 Å². The van der Waals surface area contributed by atoms with Gasteiger partial charge in [-0.1, -0.05) is 57.9 Å². The lowest BCUT2D eigenvalue weighted by atomic mass is 10.1. The minimum Gasteiger partial charge on any atom is -0.392 e. The molecule has 200 valence electrons. The standard InChI is InChI=1S/C29H33BrN4O4/c1-19-4-6-22(7-5-19)15-31-33-29(38)26-14-25(30)12-13-27(26)32-28(37)24-10-8-23(9-11-24)18-34(16-20(2)35)17-21(3)36/h4-15,20-21,35-36H,16-18H2,1-3H3,(H,32,37)(H,33,38)/b31-15+. The van der Waals surface area contributed by atoms with Crippen LogP contribution in [0.3, 0.4) is 0 Å². The fourth-order valence-corrected chi connectivity index (χ4v) is 4.22. The highest BCUT2D eigenvalue weighted by Crippen LogP contribution is 2.22. The molecule has 0 aliphatic carbocycles. The summed E-state index contributed by atoms with van der Waals surface area (Å²) in [4.78, 5) is 27.8. The summed E-state index contributed by atoms with van der Waals surface area (Å²) >= 11 is 3.38. The van der Waals surface area contributed by atoms with Gasteiger partial charge in [-0.3, -0.25) is 14.5 Å². The van der Waals surface area contributed by atoms with Crippen LogP contribution < -0.4 is 10.7 Å². The van der Waals surface area contributed by atoms with E-state index in [1.807, 2.05) is 48.2 Å². The highest BCUT2D eigenvalue weighted by Gasteiger charge is 2.16.